The van der Waals surface area contributed by atoms with Gasteiger partial charge in [-0.05, 0) is 44.0 Å². The molecule has 0 unspecified atom stereocenters. The number of amides is 1. The Balaban J connectivity index is 1.31. The maximum absolute atomic E-state index is 13.6. The SMILES string of the molecule is Cc1c(-c2ccccc2)oc2c(C(=O)N3CCC(c4nnc5ccccn45)CC3)cccc2c1=O. The van der Waals surface area contributed by atoms with Crippen LogP contribution in [0, 0.1) is 6.92 Å². The van der Waals surface area contributed by atoms with Crippen LogP contribution in [0.15, 0.2) is 82.1 Å². The first-order valence-electron chi connectivity index (χ1n) is 11.8. The lowest BCUT2D eigenvalue weighted by Crippen LogP contribution is -2.38. The number of carbonyl (C=O) groups is 1. The summed E-state index contributed by atoms with van der Waals surface area (Å²) in [5, 5.41) is 9.10. The van der Waals surface area contributed by atoms with E-state index in [1.165, 1.54) is 0 Å². The summed E-state index contributed by atoms with van der Waals surface area (Å²) in [6, 6.07) is 20.6. The average Bonchev–Trinajstić information content (AvgIpc) is 3.35. The third-order valence-electron chi connectivity index (χ3n) is 6.90. The van der Waals surface area contributed by atoms with Crippen molar-refractivity contribution in [3.8, 4) is 11.3 Å². The molecule has 0 aliphatic carbocycles. The maximum Gasteiger partial charge on any atom is 0.257 e. The van der Waals surface area contributed by atoms with Gasteiger partial charge in [-0.1, -0.05) is 42.5 Å². The van der Waals surface area contributed by atoms with Crippen molar-refractivity contribution in [2.24, 2.45) is 0 Å². The molecule has 0 spiro atoms. The fourth-order valence-corrected chi connectivity index (χ4v) is 4.99. The minimum Gasteiger partial charge on any atom is -0.455 e. The summed E-state index contributed by atoms with van der Waals surface area (Å²) in [6.45, 7) is 2.97. The van der Waals surface area contributed by atoms with E-state index in [0.29, 0.717) is 40.9 Å². The van der Waals surface area contributed by atoms with Gasteiger partial charge in [0.25, 0.3) is 5.91 Å². The lowest BCUT2D eigenvalue weighted by Gasteiger charge is -2.31. The number of pyridine rings is 1. The van der Waals surface area contributed by atoms with E-state index in [4.69, 9.17) is 4.42 Å². The van der Waals surface area contributed by atoms with Crippen LogP contribution in [0.1, 0.15) is 40.5 Å². The summed E-state index contributed by atoms with van der Waals surface area (Å²) >= 11 is 0. The molecule has 5 aromatic rings. The topological polar surface area (TPSA) is 80.7 Å². The van der Waals surface area contributed by atoms with Crippen LogP contribution in [0.2, 0.25) is 0 Å². The van der Waals surface area contributed by atoms with Crippen LogP contribution in [-0.4, -0.2) is 38.5 Å². The Kier molecular flexibility index (Phi) is 5.17. The van der Waals surface area contributed by atoms with Crippen LogP contribution in [0.4, 0.5) is 0 Å². The van der Waals surface area contributed by atoms with E-state index in [-0.39, 0.29) is 17.3 Å². The number of rotatable bonds is 3. The third-order valence-corrected chi connectivity index (χ3v) is 6.90. The van der Waals surface area contributed by atoms with Gasteiger partial charge < -0.3 is 9.32 Å². The van der Waals surface area contributed by atoms with Crippen molar-refractivity contribution in [1.29, 1.82) is 0 Å². The molecule has 7 nitrogen and oxygen atoms in total. The lowest BCUT2D eigenvalue weighted by molar-refractivity contribution is 0.0711. The van der Waals surface area contributed by atoms with Crippen LogP contribution in [0.5, 0.6) is 0 Å². The van der Waals surface area contributed by atoms with Gasteiger partial charge in [0.1, 0.15) is 11.6 Å². The Bertz CT molecular complexity index is 1610. The number of nitrogens with zero attached hydrogens (tertiary/aromatic N) is 4. The van der Waals surface area contributed by atoms with E-state index in [9.17, 15) is 9.59 Å². The van der Waals surface area contributed by atoms with Gasteiger partial charge in [-0.2, -0.15) is 0 Å². The van der Waals surface area contributed by atoms with Crippen molar-refractivity contribution in [2.75, 3.05) is 13.1 Å². The Morgan fingerprint density at radius 2 is 1.71 bits per heavy atom. The first-order chi connectivity index (χ1) is 17.1. The average molecular weight is 465 g/mol. The van der Waals surface area contributed by atoms with Crippen LogP contribution < -0.4 is 5.43 Å². The second-order valence-corrected chi connectivity index (χ2v) is 8.99. The number of para-hydroxylation sites is 1. The van der Waals surface area contributed by atoms with Crippen LogP contribution in [0.3, 0.4) is 0 Å². The van der Waals surface area contributed by atoms with Crippen LogP contribution >= 0.6 is 0 Å². The van der Waals surface area contributed by atoms with Gasteiger partial charge in [0.05, 0.1) is 10.9 Å². The first kappa shape index (κ1) is 21.3. The number of benzene rings is 2. The quantitative estimate of drug-likeness (QED) is 0.382. The predicted molar refractivity (Wildman–Crippen MR) is 134 cm³/mol. The zero-order valence-corrected chi connectivity index (χ0v) is 19.3. The highest BCUT2D eigenvalue weighted by molar-refractivity contribution is 6.05. The smallest absolute Gasteiger partial charge is 0.257 e. The Morgan fingerprint density at radius 3 is 2.51 bits per heavy atom. The van der Waals surface area contributed by atoms with E-state index in [1.807, 2.05) is 64.0 Å². The predicted octanol–water partition coefficient (Wildman–Crippen LogP) is 4.83. The monoisotopic (exact) mass is 464 g/mol. The molecule has 3 aromatic heterocycles. The Morgan fingerprint density at radius 1 is 0.943 bits per heavy atom. The largest absolute Gasteiger partial charge is 0.455 e. The molecule has 0 radical (unpaired) electrons. The van der Waals surface area contributed by atoms with Gasteiger partial charge in [0.2, 0.25) is 0 Å². The number of hydrogen-bond acceptors (Lipinski definition) is 5. The molecule has 35 heavy (non-hydrogen) atoms. The molecule has 0 N–H and O–H groups in total. The number of likely N-dealkylation sites (tertiary alicyclic amines) is 1. The standard InChI is InChI=1S/C28H24N4O3/c1-18-24(33)21-10-7-11-22(26(21)35-25(18)19-8-3-2-4-9-19)28(34)31-16-13-20(14-17-31)27-30-29-23-12-5-6-15-32(23)27/h2-12,15,20H,13-14,16-17H2,1H3. The fourth-order valence-electron chi connectivity index (χ4n) is 4.99. The van der Waals surface area contributed by atoms with E-state index >= 15 is 0 Å². The van der Waals surface area contributed by atoms with Crippen molar-refractivity contribution in [2.45, 2.75) is 25.7 Å². The zero-order valence-electron chi connectivity index (χ0n) is 19.3. The van der Waals surface area contributed by atoms with E-state index < -0.39 is 0 Å². The van der Waals surface area contributed by atoms with Crippen molar-refractivity contribution in [3.63, 3.8) is 0 Å². The molecule has 1 fully saturated rings. The van der Waals surface area contributed by atoms with E-state index in [0.717, 1.165) is 29.9 Å². The number of hydrogen-bond donors (Lipinski definition) is 0. The maximum atomic E-state index is 13.6. The van der Waals surface area contributed by atoms with E-state index in [1.54, 1.807) is 25.1 Å². The van der Waals surface area contributed by atoms with Crippen LogP contribution in [0.25, 0.3) is 27.9 Å². The molecule has 4 heterocycles. The fraction of sp³-hybridized carbons (Fsp3) is 0.214. The second kappa shape index (κ2) is 8.51. The lowest BCUT2D eigenvalue weighted by atomic mass is 9.95. The second-order valence-electron chi connectivity index (χ2n) is 8.99. The van der Waals surface area contributed by atoms with Gasteiger partial charge in [-0.25, -0.2) is 0 Å². The van der Waals surface area contributed by atoms with Crippen molar-refractivity contribution in [1.82, 2.24) is 19.5 Å². The zero-order chi connectivity index (χ0) is 23.9. The molecule has 1 saturated heterocycles. The van der Waals surface area contributed by atoms with Crippen molar-refractivity contribution >= 4 is 22.5 Å². The molecule has 6 rings (SSSR count). The molecule has 1 aliphatic rings. The van der Waals surface area contributed by atoms with Gasteiger partial charge >= 0.3 is 0 Å². The summed E-state index contributed by atoms with van der Waals surface area (Å²) in [5.74, 6) is 1.55. The highest BCUT2D eigenvalue weighted by Gasteiger charge is 2.29. The number of carbonyl (C=O) groups excluding carboxylic acids is 1. The molecular formula is C28H24N4O3. The summed E-state index contributed by atoms with van der Waals surface area (Å²) in [5.41, 5.74) is 2.83. The number of piperidine rings is 1. The Labute approximate surface area is 201 Å². The highest BCUT2D eigenvalue weighted by Crippen LogP contribution is 2.31. The molecule has 0 atom stereocenters. The molecule has 0 bridgehead atoms. The van der Waals surface area contributed by atoms with Gasteiger partial charge in [0.15, 0.2) is 16.7 Å². The Hall–Kier alpha value is -4.26. The molecule has 0 saturated carbocycles. The normalized spacial score (nSPS) is 14.6. The van der Waals surface area contributed by atoms with E-state index in [2.05, 4.69) is 10.2 Å². The molecule has 2 aromatic carbocycles. The summed E-state index contributed by atoms with van der Waals surface area (Å²) < 4.78 is 8.28. The molecular weight excluding hydrogens is 440 g/mol. The van der Waals surface area contributed by atoms with Gasteiger partial charge in [0, 0.05) is 36.3 Å². The summed E-state index contributed by atoms with van der Waals surface area (Å²) in [4.78, 5) is 28.6. The van der Waals surface area contributed by atoms with Crippen LogP contribution in [-0.2, 0) is 0 Å². The summed E-state index contributed by atoms with van der Waals surface area (Å²) in [6.07, 6.45) is 3.57. The minimum absolute atomic E-state index is 0.114. The highest BCUT2D eigenvalue weighted by atomic mass is 16.3. The summed E-state index contributed by atoms with van der Waals surface area (Å²) in [7, 11) is 0. The van der Waals surface area contributed by atoms with Crippen molar-refractivity contribution < 1.29 is 9.21 Å². The molecule has 1 amide bonds. The molecule has 7 heteroatoms. The first-order valence-corrected chi connectivity index (χ1v) is 11.8. The molecule has 1 aliphatic heterocycles. The minimum atomic E-state index is -0.119. The van der Waals surface area contributed by atoms with Gasteiger partial charge in [-0.15, -0.1) is 10.2 Å². The van der Waals surface area contributed by atoms with Gasteiger partial charge in [-0.3, -0.25) is 14.0 Å². The third kappa shape index (κ3) is 3.60. The number of fused-ring (bicyclic) bond motifs is 2. The van der Waals surface area contributed by atoms with Crippen molar-refractivity contribution in [3.05, 3.63) is 100 Å². The molecule has 174 valence electrons. The number of aromatic nitrogens is 3.